The van der Waals surface area contributed by atoms with Crippen LogP contribution in [0.4, 0.5) is 4.39 Å². The Morgan fingerprint density at radius 2 is 1.80 bits per heavy atom. The molecular formula is C17H19ClFN. The maximum Gasteiger partial charge on any atom is 0.123 e. The van der Waals surface area contributed by atoms with Crippen LogP contribution in [0.5, 0.6) is 0 Å². The Bertz CT molecular complexity index is 553. The van der Waals surface area contributed by atoms with Crippen LogP contribution in [0, 0.1) is 5.82 Å². The zero-order valence-electron chi connectivity index (χ0n) is 11.7. The van der Waals surface area contributed by atoms with Gasteiger partial charge in [-0.3, -0.25) is 0 Å². The summed E-state index contributed by atoms with van der Waals surface area (Å²) >= 11 is 6.05. The van der Waals surface area contributed by atoms with Crippen molar-refractivity contribution in [3.05, 3.63) is 70.5 Å². The predicted octanol–water partition coefficient (Wildman–Crippen LogP) is 5.28. The summed E-state index contributed by atoms with van der Waals surface area (Å²) in [5.74, 6) is -0.206. The highest BCUT2D eigenvalue weighted by atomic mass is 35.5. The third kappa shape index (κ3) is 3.81. The first-order chi connectivity index (χ1) is 9.60. The summed E-state index contributed by atoms with van der Waals surface area (Å²) in [6.07, 6.45) is 0.964. The minimum Gasteiger partial charge on any atom is -0.303 e. The number of hydrogen-bond donors (Lipinski definition) is 1. The van der Waals surface area contributed by atoms with E-state index in [1.807, 2.05) is 30.3 Å². The molecule has 1 N–H and O–H groups in total. The number of nitrogens with one attached hydrogen (secondary N) is 1. The van der Waals surface area contributed by atoms with E-state index in [0.29, 0.717) is 0 Å². The Kier molecular flexibility index (Phi) is 5.16. The lowest BCUT2D eigenvalue weighted by Crippen LogP contribution is -2.24. The van der Waals surface area contributed by atoms with Gasteiger partial charge in [0, 0.05) is 17.1 Å². The average Bonchev–Trinajstić information content (AvgIpc) is 2.45. The van der Waals surface area contributed by atoms with E-state index in [9.17, 15) is 4.39 Å². The summed E-state index contributed by atoms with van der Waals surface area (Å²) in [6, 6.07) is 14.9. The van der Waals surface area contributed by atoms with E-state index in [4.69, 9.17) is 11.6 Å². The lowest BCUT2D eigenvalue weighted by atomic mass is 10.0. The minimum absolute atomic E-state index is 0.152. The van der Waals surface area contributed by atoms with E-state index in [2.05, 4.69) is 25.2 Å². The van der Waals surface area contributed by atoms with Crippen LogP contribution in [-0.4, -0.2) is 0 Å². The largest absolute Gasteiger partial charge is 0.303 e. The monoisotopic (exact) mass is 291 g/mol. The SMILES string of the molecule is CCC(NC(C)c1ccc(F)cc1)c1cccc(Cl)c1. The van der Waals surface area contributed by atoms with Crippen LogP contribution in [0.1, 0.15) is 43.5 Å². The highest BCUT2D eigenvalue weighted by Crippen LogP contribution is 2.24. The molecule has 2 aromatic rings. The summed E-state index contributed by atoms with van der Waals surface area (Å²) in [5, 5.41) is 4.31. The second-order valence-electron chi connectivity index (χ2n) is 4.96. The van der Waals surface area contributed by atoms with Gasteiger partial charge in [-0.15, -0.1) is 0 Å². The summed E-state index contributed by atoms with van der Waals surface area (Å²) in [5.41, 5.74) is 2.25. The first kappa shape index (κ1) is 15.0. The zero-order chi connectivity index (χ0) is 14.5. The van der Waals surface area contributed by atoms with E-state index < -0.39 is 0 Å². The molecule has 3 heteroatoms. The Labute approximate surface area is 124 Å². The van der Waals surface area contributed by atoms with Gasteiger partial charge in [-0.05, 0) is 48.7 Å². The fourth-order valence-corrected chi connectivity index (χ4v) is 2.52. The number of hydrogen-bond acceptors (Lipinski definition) is 1. The first-order valence-corrected chi connectivity index (χ1v) is 7.25. The molecule has 0 aliphatic carbocycles. The van der Waals surface area contributed by atoms with Crippen LogP contribution in [0.3, 0.4) is 0 Å². The Balaban J connectivity index is 2.11. The van der Waals surface area contributed by atoms with Crippen molar-refractivity contribution in [2.75, 3.05) is 0 Å². The lowest BCUT2D eigenvalue weighted by molar-refractivity contribution is 0.456. The van der Waals surface area contributed by atoms with Gasteiger partial charge in [0.2, 0.25) is 0 Å². The molecule has 0 saturated carbocycles. The van der Waals surface area contributed by atoms with Crippen molar-refractivity contribution in [2.24, 2.45) is 0 Å². The highest BCUT2D eigenvalue weighted by molar-refractivity contribution is 6.30. The molecule has 0 saturated heterocycles. The van der Waals surface area contributed by atoms with E-state index in [-0.39, 0.29) is 17.9 Å². The molecule has 0 bridgehead atoms. The molecule has 0 fully saturated rings. The van der Waals surface area contributed by atoms with E-state index in [1.165, 1.54) is 17.7 Å². The summed E-state index contributed by atoms with van der Waals surface area (Å²) < 4.78 is 13.0. The average molecular weight is 292 g/mol. The van der Waals surface area contributed by atoms with Gasteiger partial charge in [-0.25, -0.2) is 4.39 Å². The number of halogens is 2. The van der Waals surface area contributed by atoms with E-state index in [0.717, 1.165) is 17.0 Å². The fraction of sp³-hybridized carbons (Fsp3) is 0.294. The third-order valence-corrected chi connectivity index (χ3v) is 3.72. The van der Waals surface area contributed by atoms with Crippen LogP contribution in [0.25, 0.3) is 0 Å². The van der Waals surface area contributed by atoms with Gasteiger partial charge in [-0.1, -0.05) is 42.8 Å². The van der Waals surface area contributed by atoms with Crippen molar-refractivity contribution in [2.45, 2.75) is 32.4 Å². The molecule has 2 unspecified atom stereocenters. The molecule has 0 aromatic heterocycles. The quantitative estimate of drug-likeness (QED) is 0.790. The smallest absolute Gasteiger partial charge is 0.123 e. The van der Waals surface area contributed by atoms with E-state index in [1.54, 1.807) is 0 Å². The molecule has 20 heavy (non-hydrogen) atoms. The van der Waals surface area contributed by atoms with Crippen molar-refractivity contribution in [1.82, 2.24) is 5.32 Å². The molecule has 0 radical (unpaired) electrons. The summed E-state index contributed by atoms with van der Waals surface area (Å²) in [7, 11) is 0. The van der Waals surface area contributed by atoms with Crippen LogP contribution in [0.15, 0.2) is 48.5 Å². The second kappa shape index (κ2) is 6.87. The van der Waals surface area contributed by atoms with Crippen molar-refractivity contribution in [3.8, 4) is 0 Å². The van der Waals surface area contributed by atoms with Crippen molar-refractivity contribution in [3.63, 3.8) is 0 Å². The van der Waals surface area contributed by atoms with Gasteiger partial charge in [0.15, 0.2) is 0 Å². The second-order valence-corrected chi connectivity index (χ2v) is 5.39. The first-order valence-electron chi connectivity index (χ1n) is 6.87. The molecule has 0 aliphatic rings. The molecule has 2 rings (SSSR count). The van der Waals surface area contributed by atoms with Gasteiger partial charge in [-0.2, -0.15) is 0 Å². The van der Waals surface area contributed by atoms with Crippen LogP contribution in [-0.2, 0) is 0 Å². The Morgan fingerprint density at radius 1 is 1.10 bits per heavy atom. The molecule has 0 heterocycles. The van der Waals surface area contributed by atoms with Crippen LogP contribution < -0.4 is 5.32 Å². The third-order valence-electron chi connectivity index (χ3n) is 3.48. The van der Waals surface area contributed by atoms with Crippen molar-refractivity contribution >= 4 is 11.6 Å². The van der Waals surface area contributed by atoms with Crippen LogP contribution in [0.2, 0.25) is 5.02 Å². The molecule has 0 amide bonds. The van der Waals surface area contributed by atoms with Crippen LogP contribution >= 0.6 is 11.6 Å². The molecule has 0 spiro atoms. The van der Waals surface area contributed by atoms with Crippen molar-refractivity contribution in [1.29, 1.82) is 0 Å². The van der Waals surface area contributed by atoms with Gasteiger partial charge in [0.05, 0.1) is 0 Å². The molecule has 2 atom stereocenters. The zero-order valence-corrected chi connectivity index (χ0v) is 12.5. The Morgan fingerprint density at radius 3 is 2.40 bits per heavy atom. The Hall–Kier alpha value is -1.38. The summed E-state index contributed by atoms with van der Waals surface area (Å²) in [4.78, 5) is 0. The van der Waals surface area contributed by atoms with Crippen molar-refractivity contribution < 1.29 is 4.39 Å². The predicted molar refractivity (Wildman–Crippen MR) is 82.4 cm³/mol. The topological polar surface area (TPSA) is 12.0 Å². The maximum absolute atomic E-state index is 13.0. The lowest BCUT2D eigenvalue weighted by Gasteiger charge is -2.23. The standard InChI is InChI=1S/C17H19ClFN/c1-3-17(14-5-4-6-15(18)11-14)20-12(2)13-7-9-16(19)10-8-13/h4-12,17,20H,3H2,1-2H3. The normalized spacial score (nSPS) is 14.0. The molecular weight excluding hydrogens is 273 g/mol. The van der Waals surface area contributed by atoms with Gasteiger partial charge in [0.25, 0.3) is 0 Å². The van der Waals surface area contributed by atoms with E-state index >= 15 is 0 Å². The fourth-order valence-electron chi connectivity index (χ4n) is 2.32. The maximum atomic E-state index is 13.0. The minimum atomic E-state index is -0.206. The summed E-state index contributed by atoms with van der Waals surface area (Å²) in [6.45, 7) is 4.22. The molecule has 2 aromatic carbocycles. The number of rotatable bonds is 5. The van der Waals surface area contributed by atoms with Gasteiger partial charge < -0.3 is 5.32 Å². The molecule has 106 valence electrons. The molecule has 1 nitrogen and oxygen atoms in total. The highest BCUT2D eigenvalue weighted by Gasteiger charge is 2.14. The number of benzene rings is 2. The van der Waals surface area contributed by atoms with Gasteiger partial charge in [0.1, 0.15) is 5.82 Å². The molecule has 0 aliphatic heterocycles. The van der Waals surface area contributed by atoms with Gasteiger partial charge >= 0.3 is 0 Å².